The molecule has 3 rings (SSSR count). The van der Waals surface area contributed by atoms with E-state index in [2.05, 4.69) is 15.8 Å². The Balaban J connectivity index is 1.69. The fourth-order valence-electron chi connectivity index (χ4n) is 2.72. The van der Waals surface area contributed by atoms with E-state index < -0.39 is 10.8 Å². The Hall–Kier alpha value is -4.47. The molecule has 0 fully saturated rings. The molecule has 1 aromatic heterocycles. The number of anilines is 1. The molecule has 31 heavy (non-hydrogen) atoms. The lowest BCUT2D eigenvalue weighted by Gasteiger charge is -2.05. The number of furan rings is 1. The molecule has 158 valence electrons. The second kappa shape index (κ2) is 9.35. The lowest BCUT2D eigenvalue weighted by molar-refractivity contribution is -0.384. The fraction of sp³-hybridized carbons (Fsp3) is 0.0952. The third-order valence-corrected chi connectivity index (χ3v) is 4.09. The van der Waals surface area contributed by atoms with Gasteiger partial charge in [-0.2, -0.15) is 5.10 Å². The van der Waals surface area contributed by atoms with E-state index in [-0.39, 0.29) is 11.6 Å². The number of nitrogens with one attached hydrogen (secondary N) is 2. The number of hydrogen-bond acceptors (Lipinski definition) is 7. The largest absolute Gasteiger partial charge is 0.496 e. The molecule has 3 aromatic rings. The molecule has 2 N–H and O–H groups in total. The first kappa shape index (κ1) is 21.2. The van der Waals surface area contributed by atoms with Gasteiger partial charge in [-0.25, -0.2) is 5.43 Å². The van der Waals surface area contributed by atoms with Crippen molar-refractivity contribution in [1.82, 2.24) is 5.43 Å². The first-order chi connectivity index (χ1) is 14.9. The van der Waals surface area contributed by atoms with Crippen LogP contribution in [0.2, 0.25) is 0 Å². The quantitative estimate of drug-likeness (QED) is 0.339. The Labute approximate surface area is 176 Å². The highest BCUT2D eigenvalue weighted by Crippen LogP contribution is 2.34. The van der Waals surface area contributed by atoms with Crippen molar-refractivity contribution in [3.8, 4) is 17.1 Å². The third-order valence-electron chi connectivity index (χ3n) is 4.09. The number of carbonyl (C=O) groups is 2. The number of ether oxygens (including phenoxy) is 1. The van der Waals surface area contributed by atoms with Crippen molar-refractivity contribution in [2.75, 3.05) is 12.4 Å². The molecule has 0 unspecified atom stereocenters. The van der Waals surface area contributed by atoms with Crippen molar-refractivity contribution in [2.24, 2.45) is 5.10 Å². The molecule has 10 nitrogen and oxygen atoms in total. The van der Waals surface area contributed by atoms with Gasteiger partial charge in [-0.1, -0.05) is 6.07 Å². The van der Waals surface area contributed by atoms with Gasteiger partial charge in [0, 0.05) is 24.2 Å². The lowest BCUT2D eigenvalue weighted by Crippen LogP contribution is -2.18. The average molecular weight is 422 g/mol. The minimum Gasteiger partial charge on any atom is -0.496 e. The Bertz CT molecular complexity index is 1170. The molecule has 0 aliphatic rings. The minimum atomic E-state index is -0.513. The highest BCUT2D eigenvalue weighted by atomic mass is 16.6. The van der Waals surface area contributed by atoms with E-state index in [1.807, 2.05) is 0 Å². The third kappa shape index (κ3) is 5.32. The SMILES string of the molecule is COc1cc([N+](=O)[O-])ccc1-c1ccc(/C=N\NC(=O)c2cccc(NC(C)=O)c2)o1. The molecule has 0 spiro atoms. The van der Waals surface area contributed by atoms with Crippen LogP contribution < -0.4 is 15.5 Å². The summed E-state index contributed by atoms with van der Waals surface area (Å²) in [5.41, 5.74) is 3.63. The van der Waals surface area contributed by atoms with E-state index in [9.17, 15) is 19.7 Å². The maximum Gasteiger partial charge on any atom is 0.273 e. The average Bonchev–Trinajstić information content (AvgIpc) is 3.21. The zero-order chi connectivity index (χ0) is 22.4. The summed E-state index contributed by atoms with van der Waals surface area (Å²) < 4.78 is 10.9. The molecule has 2 aromatic carbocycles. The standard InChI is InChI=1S/C21H18N4O6/c1-13(26)23-15-5-3-4-14(10-15)21(27)24-22-12-17-7-9-19(31-17)18-8-6-16(25(28)29)11-20(18)30-2/h3-12H,1-2H3,(H,23,26)(H,24,27)/b22-12-. The maximum absolute atomic E-state index is 12.2. The zero-order valence-corrected chi connectivity index (χ0v) is 16.6. The molecule has 10 heteroatoms. The van der Waals surface area contributed by atoms with Crippen molar-refractivity contribution < 1.29 is 23.7 Å². The number of benzene rings is 2. The van der Waals surface area contributed by atoms with Crippen LogP contribution in [0, 0.1) is 10.1 Å². The molecule has 2 amide bonds. The number of hydrazone groups is 1. The number of methoxy groups -OCH3 is 1. The van der Waals surface area contributed by atoms with Crippen molar-refractivity contribution in [2.45, 2.75) is 6.92 Å². The molecule has 0 atom stereocenters. The smallest absolute Gasteiger partial charge is 0.273 e. The van der Waals surface area contributed by atoms with Crippen LogP contribution in [0.15, 0.2) is 64.1 Å². The normalized spacial score (nSPS) is 10.6. The van der Waals surface area contributed by atoms with Gasteiger partial charge in [-0.05, 0) is 36.4 Å². The Morgan fingerprint density at radius 2 is 1.97 bits per heavy atom. The van der Waals surface area contributed by atoms with Gasteiger partial charge in [0.1, 0.15) is 17.3 Å². The number of non-ortho nitro benzene ring substituents is 1. The summed E-state index contributed by atoms with van der Waals surface area (Å²) in [6.45, 7) is 1.38. The predicted molar refractivity (Wildman–Crippen MR) is 113 cm³/mol. The zero-order valence-electron chi connectivity index (χ0n) is 16.6. The van der Waals surface area contributed by atoms with Gasteiger partial charge < -0.3 is 14.5 Å². The monoisotopic (exact) mass is 422 g/mol. The highest BCUT2D eigenvalue weighted by molar-refractivity contribution is 5.97. The van der Waals surface area contributed by atoms with Crippen LogP contribution in [0.3, 0.4) is 0 Å². The lowest BCUT2D eigenvalue weighted by atomic mass is 10.1. The van der Waals surface area contributed by atoms with Crippen molar-refractivity contribution in [3.05, 3.63) is 76.0 Å². The summed E-state index contributed by atoms with van der Waals surface area (Å²) in [4.78, 5) is 33.8. The van der Waals surface area contributed by atoms with Crippen LogP contribution in [0.1, 0.15) is 23.0 Å². The molecular formula is C21H18N4O6. The number of nitro benzene ring substituents is 1. The molecule has 0 bridgehead atoms. The molecule has 0 radical (unpaired) electrons. The number of hydrogen-bond donors (Lipinski definition) is 2. The van der Waals surface area contributed by atoms with Gasteiger partial charge >= 0.3 is 0 Å². The van der Waals surface area contributed by atoms with Crippen molar-refractivity contribution >= 4 is 29.4 Å². The fourth-order valence-corrected chi connectivity index (χ4v) is 2.72. The van der Waals surface area contributed by atoms with Gasteiger partial charge in [0.2, 0.25) is 5.91 Å². The van der Waals surface area contributed by atoms with Gasteiger partial charge in [0.25, 0.3) is 11.6 Å². The van der Waals surface area contributed by atoms with Gasteiger partial charge in [0.05, 0.1) is 29.9 Å². The van der Waals surface area contributed by atoms with E-state index in [1.165, 1.54) is 44.5 Å². The molecule has 0 aliphatic heterocycles. The van der Waals surface area contributed by atoms with E-state index in [0.29, 0.717) is 34.1 Å². The summed E-state index contributed by atoms with van der Waals surface area (Å²) in [5.74, 6) is 0.353. The minimum absolute atomic E-state index is 0.0979. The number of rotatable bonds is 7. The van der Waals surface area contributed by atoms with Crippen LogP contribution >= 0.6 is 0 Å². The molecule has 0 saturated carbocycles. The van der Waals surface area contributed by atoms with Crippen LogP contribution in [-0.2, 0) is 4.79 Å². The first-order valence-corrected chi connectivity index (χ1v) is 9.01. The number of nitrogens with zero attached hydrogens (tertiary/aromatic N) is 2. The van der Waals surface area contributed by atoms with E-state index in [1.54, 1.807) is 30.3 Å². The summed E-state index contributed by atoms with van der Waals surface area (Å²) in [6, 6.07) is 13.9. The maximum atomic E-state index is 12.2. The second-order valence-corrected chi connectivity index (χ2v) is 6.30. The summed E-state index contributed by atoms with van der Waals surface area (Å²) >= 11 is 0. The topological polar surface area (TPSA) is 136 Å². The van der Waals surface area contributed by atoms with Crippen LogP contribution in [0.4, 0.5) is 11.4 Å². The van der Waals surface area contributed by atoms with Gasteiger partial charge in [-0.15, -0.1) is 0 Å². The first-order valence-electron chi connectivity index (χ1n) is 9.01. The van der Waals surface area contributed by atoms with E-state index >= 15 is 0 Å². The van der Waals surface area contributed by atoms with Crippen molar-refractivity contribution in [1.29, 1.82) is 0 Å². The van der Waals surface area contributed by atoms with Crippen LogP contribution in [-0.4, -0.2) is 30.1 Å². The molecular weight excluding hydrogens is 404 g/mol. The Kier molecular flexibility index (Phi) is 6.41. The summed E-state index contributed by atoms with van der Waals surface area (Å²) in [7, 11) is 1.41. The van der Waals surface area contributed by atoms with E-state index in [0.717, 1.165) is 0 Å². The highest BCUT2D eigenvalue weighted by Gasteiger charge is 2.15. The number of amides is 2. The Morgan fingerprint density at radius 3 is 2.68 bits per heavy atom. The predicted octanol–water partition coefficient (Wildman–Crippen LogP) is 3.59. The molecule has 1 heterocycles. The summed E-state index contributed by atoms with van der Waals surface area (Å²) in [6.07, 6.45) is 1.32. The van der Waals surface area contributed by atoms with Crippen LogP contribution in [0.25, 0.3) is 11.3 Å². The van der Waals surface area contributed by atoms with Gasteiger partial charge in [-0.3, -0.25) is 19.7 Å². The number of carbonyl (C=O) groups excluding carboxylic acids is 2. The van der Waals surface area contributed by atoms with E-state index in [4.69, 9.17) is 9.15 Å². The van der Waals surface area contributed by atoms with Crippen molar-refractivity contribution in [3.63, 3.8) is 0 Å². The molecule has 0 aliphatic carbocycles. The van der Waals surface area contributed by atoms with Crippen LogP contribution in [0.5, 0.6) is 5.75 Å². The molecule has 0 saturated heterocycles. The number of nitro groups is 1. The second-order valence-electron chi connectivity index (χ2n) is 6.30. The summed E-state index contributed by atoms with van der Waals surface area (Å²) in [5, 5.41) is 17.4. The Morgan fingerprint density at radius 1 is 1.16 bits per heavy atom. The van der Waals surface area contributed by atoms with Gasteiger partial charge in [0.15, 0.2) is 0 Å².